The summed E-state index contributed by atoms with van der Waals surface area (Å²) in [5.41, 5.74) is 0.944. The summed E-state index contributed by atoms with van der Waals surface area (Å²) in [6, 6.07) is 3.08. The molecular weight excluding hydrogens is 233 g/mol. The zero-order valence-electron chi connectivity index (χ0n) is 10.6. The minimum absolute atomic E-state index is 0.205. The molecule has 4 heteroatoms. The average Bonchev–Trinajstić information content (AvgIpc) is 2.81. The zero-order valence-corrected chi connectivity index (χ0v) is 10.6. The molecule has 1 fully saturated rings. The van der Waals surface area contributed by atoms with Crippen LogP contribution in [-0.2, 0) is 10.3 Å². The third-order valence-electron chi connectivity index (χ3n) is 3.68. The van der Waals surface area contributed by atoms with Crippen LogP contribution in [0.15, 0.2) is 17.1 Å². The van der Waals surface area contributed by atoms with Crippen molar-refractivity contribution in [2.24, 2.45) is 4.99 Å². The van der Waals surface area contributed by atoms with Crippen molar-refractivity contribution in [3.05, 3.63) is 29.1 Å². The Labute approximate surface area is 106 Å². The summed E-state index contributed by atoms with van der Waals surface area (Å²) in [5.74, 6) is -0.207. The van der Waals surface area contributed by atoms with Crippen molar-refractivity contribution < 1.29 is 13.9 Å². The lowest BCUT2D eigenvalue weighted by Crippen LogP contribution is -2.22. The van der Waals surface area contributed by atoms with Crippen LogP contribution in [0.25, 0.3) is 0 Å². The van der Waals surface area contributed by atoms with E-state index in [4.69, 9.17) is 4.74 Å². The van der Waals surface area contributed by atoms with Gasteiger partial charge in [0.25, 0.3) is 0 Å². The van der Waals surface area contributed by atoms with Gasteiger partial charge in [0.15, 0.2) is 11.6 Å². The fraction of sp³-hybridized carbons (Fsp3) is 0.500. The molecule has 0 atom stereocenters. The van der Waals surface area contributed by atoms with Gasteiger partial charge < -0.3 is 4.74 Å². The highest BCUT2D eigenvalue weighted by Crippen LogP contribution is 2.47. The molecule has 1 aromatic rings. The minimum Gasteiger partial charge on any atom is -0.493 e. The van der Waals surface area contributed by atoms with Crippen LogP contribution in [0.1, 0.15) is 36.8 Å². The molecule has 2 rings (SSSR count). The number of benzene rings is 1. The molecule has 0 amide bonds. The first-order valence-electron chi connectivity index (χ1n) is 6.07. The highest BCUT2D eigenvalue weighted by molar-refractivity contribution is 5.49. The lowest BCUT2D eigenvalue weighted by molar-refractivity contribution is 0.356. The first-order chi connectivity index (χ1) is 8.64. The average molecular weight is 249 g/mol. The molecule has 0 unspecified atom stereocenters. The fourth-order valence-corrected chi connectivity index (χ4v) is 2.90. The molecular formula is C14H16FNO2. The molecule has 1 aliphatic carbocycles. The number of isocyanates is 1. The molecule has 1 aromatic carbocycles. The van der Waals surface area contributed by atoms with Crippen molar-refractivity contribution in [2.45, 2.75) is 38.1 Å². The Morgan fingerprint density at radius 3 is 2.61 bits per heavy atom. The van der Waals surface area contributed by atoms with E-state index >= 15 is 0 Å². The Balaban J connectivity index is 2.68. The van der Waals surface area contributed by atoms with Gasteiger partial charge in [-0.05, 0) is 31.4 Å². The van der Waals surface area contributed by atoms with Gasteiger partial charge in [-0.3, -0.25) is 0 Å². The van der Waals surface area contributed by atoms with Crippen LogP contribution in [0.2, 0.25) is 0 Å². The second-order valence-corrected chi connectivity index (χ2v) is 4.71. The van der Waals surface area contributed by atoms with Gasteiger partial charge >= 0.3 is 0 Å². The van der Waals surface area contributed by atoms with E-state index in [2.05, 4.69) is 4.99 Å². The summed E-state index contributed by atoms with van der Waals surface area (Å²) in [4.78, 5) is 14.7. The predicted octanol–water partition coefficient (Wildman–Crippen LogP) is 3.25. The van der Waals surface area contributed by atoms with Crippen LogP contribution in [0.3, 0.4) is 0 Å². The number of hydrogen-bond donors (Lipinski definition) is 0. The van der Waals surface area contributed by atoms with Crippen LogP contribution in [0.5, 0.6) is 5.75 Å². The van der Waals surface area contributed by atoms with E-state index in [-0.39, 0.29) is 5.75 Å². The number of rotatable bonds is 3. The Morgan fingerprint density at radius 2 is 2.06 bits per heavy atom. The van der Waals surface area contributed by atoms with Gasteiger partial charge in [-0.2, -0.15) is 4.99 Å². The first-order valence-corrected chi connectivity index (χ1v) is 6.07. The maximum absolute atomic E-state index is 13.8. The van der Waals surface area contributed by atoms with Gasteiger partial charge in [0.2, 0.25) is 6.08 Å². The van der Waals surface area contributed by atoms with E-state index in [1.807, 2.05) is 6.92 Å². The highest BCUT2D eigenvalue weighted by Gasteiger charge is 2.40. The molecule has 18 heavy (non-hydrogen) atoms. The van der Waals surface area contributed by atoms with E-state index in [0.29, 0.717) is 5.56 Å². The van der Waals surface area contributed by atoms with Crippen LogP contribution in [0, 0.1) is 12.7 Å². The second kappa shape index (κ2) is 4.91. The number of aryl methyl sites for hydroxylation is 1. The number of carbonyl (C=O) groups excluding carboxylic acids is 1. The van der Waals surface area contributed by atoms with Crippen molar-refractivity contribution in [1.29, 1.82) is 0 Å². The van der Waals surface area contributed by atoms with Gasteiger partial charge in [-0.1, -0.05) is 18.9 Å². The van der Waals surface area contributed by atoms with Gasteiger partial charge in [0.05, 0.1) is 7.11 Å². The number of halogens is 1. The summed E-state index contributed by atoms with van der Waals surface area (Å²) in [6.45, 7) is 1.89. The van der Waals surface area contributed by atoms with Crippen molar-refractivity contribution >= 4 is 6.08 Å². The molecule has 0 saturated heterocycles. The van der Waals surface area contributed by atoms with Crippen molar-refractivity contribution in [1.82, 2.24) is 0 Å². The third kappa shape index (κ3) is 1.93. The normalized spacial score (nSPS) is 17.3. The quantitative estimate of drug-likeness (QED) is 0.609. The van der Waals surface area contributed by atoms with Crippen LogP contribution in [-0.4, -0.2) is 13.2 Å². The molecule has 0 spiro atoms. The van der Waals surface area contributed by atoms with E-state index in [1.54, 1.807) is 12.1 Å². The maximum Gasteiger partial charge on any atom is 0.235 e. The molecule has 0 bridgehead atoms. The number of ether oxygens (including phenoxy) is 1. The molecule has 0 heterocycles. The third-order valence-corrected chi connectivity index (χ3v) is 3.68. The minimum atomic E-state index is -0.653. The molecule has 0 radical (unpaired) electrons. The monoisotopic (exact) mass is 249 g/mol. The van der Waals surface area contributed by atoms with E-state index in [0.717, 1.165) is 31.2 Å². The Kier molecular flexibility index (Phi) is 3.48. The molecule has 3 nitrogen and oxygen atoms in total. The molecule has 0 aromatic heterocycles. The Bertz CT molecular complexity index is 501. The summed E-state index contributed by atoms with van der Waals surface area (Å²) >= 11 is 0. The Hall–Kier alpha value is -1.67. The molecule has 1 saturated carbocycles. The van der Waals surface area contributed by atoms with E-state index in [1.165, 1.54) is 13.2 Å². The highest BCUT2D eigenvalue weighted by atomic mass is 19.1. The molecule has 96 valence electrons. The largest absolute Gasteiger partial charge is 0.493 e. The molecule has 0 aliphatic heterocycles. The van der Waals surface area contributed by atoms with Crippen molar-refractivity contribution in [3.8, 4) is 5.75 Å². The fourth-order valence-electron chi connectivity index (χ4n) is 2.90. The maximum atomic E-state index is 13.8. The first kappa shape index (κ1) is 12.8. The van der Waals surface area contributed by atoms with Gasteiger partial charge in [-0.25, -0.2) is 9.18 Å². The standard InChI is InChI=1S/C14H16FNO2/c1-10-5-6-11(15)13(18-2)12(10)14(16-9-17)7-3-4-8-14/h5-6H,3-4,7-8H2,1-2H3. The van der Waals surface area contributed by atoms with Crippen LogP contribution >= 0.6 is 0 Å². The second-order valence-electron chi connectivity index (χ2n) is 4.71. The summed E-state index contributed by atoms with van der Waals surface area (Å²) < 4.78 is 19.0. The summed E-state index contributed by atoms with van der Waals surface area (Å²) in [5, 5.41) is 0. The molecule has 0 N–H and O–H groups in total. The van der Waals surface area contributed by atoms with Crippen LogP contribution < -0.4 is 4.74 Å². The summed E-state index contributed by atoms with van der Waals surface area (Å²) in [7, 11) is 1.44. The van der Waals surface area contributed by atoms with E-state index < -0.39 is 11.4 Å². The number of methoxy groups -OCH3 is 1. The SMILES string of the molecule is COc1c(F)ccc(C)c1C1(N=C=O)CCCC1. The van der Waals surface area contributed by atoms with Gasteiger partial charge in [0.1, 0.15) is 5.54 Å². The van der Waals surface area contributed by atoms with Gasteiger partial charge in [0, 0.05) is 5.56 Å². The zero-order chi connectivity index (χ0) is 13.2. The van der Waals surface area contributed by atoms with Crippen LogP contribution in [0.4, 0.5) is 4.39 Å². The number of hydrogen-bond acceptors (Lipinski definition) is 3. The lowest BCUT2D eigenvalue weighted by atomic mass is 9.85. The molecule has 1 aliphatic rings. The lowest BCUT2D eigenvalue weighted by Gasteiger charge is -2.27. The Morgan fingerprint density at radius 1 is 1.39 bits per heavy atom. The predicted molar refractivity (Wildman–Crippen MR) is 66.0 cm³/mol. The summed E-state index contributed by atoms with van der Waals surface area (Å²) in [6.07, 6.45) is 5.07. The topological polar surface area (TPSA) is 38.7 Å². The van der Waals surface area contributed by atoms with Crippen molar-refractivity contribution in [2.75, 3.05) is 7.11 Å². The van der Waals surface area contributed by atoms with Gasteiger partial charge in [-0.15, -0.1) is 0 Å². The number of aliphatic imine (C=N–C) groups is 1. The number of nitrogens with zero attached hydrogens (tertiary/aromatic N) is 1. The smallest absolute Gasteiger partial charge is 0.235 e. The van der Waals surface area contributed by atoms with E-state index in [9.17, 15) is 9.18 Å². The van der Waals surface area contributed by atoms with Crippen molar-refractivity contribution in [3.63, 3.8) is 0 Å².